The molecule has 3 aromatic rings. The third-order valence-corrected chi connectivity index (χ3v) is 5.00. The van der Waals surface area contributed by atoms with Crippen molar-refractivity contribution in [2.45, 2.75) is 20.8 Å². The van der Waals surface area contributed by atoms with Gasteiger partial charge in [0.25, 0.3) is 5.91 Å². The number of anilines is 2. The molecule has 0 saturated carbocycles. The Morgan fingerprint density at radius 2 is 1.62 bits per heavy atom. The van der Waals surface area contributed by atoms with Crippen LogP contribution in [-0.2, 0) is 14.4 Å². The Morgan fingerprint density at radius 1 is 0.882 bits per heavy atom. The van der Waals surface area contributed by atoms with Crippen LogP contribution in [0.3, 0.4) is 0 Å². The quantitative estimate of drug-likeness (QED) is 0.285. The molecule has 174 valence electrons. The zero-order chi connectivity index (χ0) is 24.5. The van der Waals surface area contributed by atoms with Gasteiger partial charge in [-0.3, -0.25) is 14.4 Å². The largest absolute Gasteiger partial charge is 0.484 e. The van der Waals surface area contributed by atoms with Gasteiger partial charge in [-0.2, -0.15) is 5.10 Å². The number of benzene rings is 3. The molecular formula is C26H26N4O4. The summed E-state index contributed by atoms with van der Waals surface area (Å²) >= 11 is 0. The molecule has 0 radical (unpaired) electrons. The van der Waals surface area contributed by atoms with Gasteiger partial charge in [-0.1, -0.05) is 42.0 Å². The summed E-state index contributed by atoms with van der Waals surface area (Å²) in [4.78, 5) is 36.2. The number of amides is 3. The maximum Gasteiger partial charge on any atom is 0.329 e. The van der Waals surface area contributed by atoms with E-state index in [1.54, 1.807) is 36.4 Å². The fourth-order valence-electron chi connectivity index (χ4n) is 2.95. The Labute approximate surface area is 198 Å². The molecule has 0 aliphatic heterocycles. The zero-order valence-electron chi connectivity index (χ0n) is 19.2. The van der Waals surface area contributed by atoms with Crippen molar-refractivity contribution in [2.24, 2.45) is 5.10 Å². The molecule has 3 amide bonds. The smallest absolute Gasteiger partial charge is 0.329 e. The number of nitrogens with zero attached hydrogens (tertiary/aromatic N) is 1. The Balaban J connectivity index is 1.49. The van der Waals surface area contributed by atoms with Gasteiger partial charge in [-0.25, -0.2) is 5.43 Å². The summed E-state index contributed by atoms with van der Waals surface area (Å²) in [5, 5.41) is 9.16. The van der Waals surface area contributed by atoms with Gasteiger partial charge in [-0.05, 0) is 67.8 Å². The summed E-state index contributed by atoms with van der Waals surface area (Å²) in [6.07, 6.45) is 1.38. The van der Waals surface area contributed by atoms with Crippen molar-refractivity contribution in [3.8, 4) is 5.75 Å². The minimum Gasteiger partial charge on any atom is -0.484 e. The van der Waals surface area contributed by atoms with Crippen molar-refractivity contribution < 1.29 is 19.1 Å². The maximum absolute atomic E-state index is 12.1. The molecule has 0 aromatic heterocycles. The zero-order valence-corrected chi connectivity index (χ0v) is 19.2. The number of hydrogen-bond acceptors (Lipinski definition) is 5. The lowest BCUT2D eigenvalue weighted by Crippen LogP contribution is -2.32. The summed E-state index contributed by atoms with van der Waals surface area (Å²) in [6, 6.07) is 19.7. The average Bonchev–Trinajstić information content (AvgIpc) is 2.82. The fraction of sp³-hybridized carbons (Fsp3) is 0.154. The molecule has 34 heavy (non-hydrogen) atoms. The molecule has 0 spiro atoms. The van der Waals surface area contributed by atoms with Crippen molar-refractivity contribution in [2.75, 3.05) is 17.2 Å². The van der Waals surface area contributed by atoms with E-state index < -0.39 is 11.8 Å². The molecular weight excluding hydrogens is 432 g/mol. The van der Waals surface area contributed by atoms with Crippen molar-refractivity contribution in [3.63, 3.8) is 0 Å². The summed E-state index contributed by atoms with van der Waals surface area (Å²) in [5.41, 5.74) is 7.07. The highest BCUT2D eigenvalue weighted by Gasteiger charge is 2.14. The summed E-state index contributed by atoms with van der Waals surface area (Å²) in [7, 11) is 0. The monoisotopic (exact) mass is 458 g/mol. The number of rotatable bonds is 7. The first-order valence-electron chi connectivity index (χ1n) is 10.6. The highest BCUT2D eigenvalue weighted by atomic mass is 16.5. The van der Waals surface area contributed by atoms with E-state index in [1.165, 1.54) is 6.21 Å². The number of carbonyl (C=O) groups is 3. The molecule has 0 bridgehead atoms. The Kier molecular flexibility index (Phi) is 8.12. The second-order valence-corrected chi connectivity index (χ2v) is 7.68. The second kappa shape index (κ2) is 11.4. The Hall–Kier alpha value is -4.46. The number of hydrogen-bond donors (Lipinski definition) is 3. The maximum atomic E-state index is 12.1. The van der Waals surface area contributed by atoms with Crippen molar-refractivity contribution >= 4 is 35.3 Å². The van der Waals surface area contributed by atoms with E-state index in [1.807, 2.05) is 51.1 Å². The van der Waals surface area contributed by atoms with Crippen molar-refractivity contribution in [1.82, 2.24) is 5.43 Å². The van der Waals surface area contributed by atoms with E-state index in [0.717, 1.165) is 16.7 Å². The van der Waals surface area contributed by atoms with E-state index in [9.17, 15) is 14.4 Å². The normalized spacial score (nSPS) is 10.6. The number of aryl methyl sites for hydroxylation is 2. The van der Waals surface area contributed by atoms with E-state index >= 15 is 0 Å². The van der Waals surface area contributed by atoms with Crippen molar-refractivity contribution in [3.05, 3.63) is 89.0 Å². The van der Waals surface area contributed by atoms with Crippen LogP contribution in [0.25, 0.3) is 0 Å². The van der Waals surface area contributed by atoms with Gasteiger partial charge in [0, 0.05) is 11.4 Å². The van der Waals surface area contributed by atoms with Crippen LogP contribution < -0.4 is 20.8 Å². The minimum absolute atomic E-state index is 0.163. The predicted molar refractivity (Wildman–Crippen MR) is 132 cm³/mol. The molecule has 3 aromatic carbocycles. The highest BCUT2D eigenvalue weighted by molar-refractivity contribution is 6.39. The van der Waals surface area contributed by atoms with Crippen molar-refractivity contribution in [1.29, 1.82) is 0 Å². The first-order chi connectivity index (χ1) is 16.3. The molecule has 0 atom stereocenters. The van der Waals surface area contributed by atoms with Gasteiger partial charge in [-0.15, -0.1) is 0 Å². The lowest BCUT2D eigenvalue weighted by Gasteiger charge is -2.09. The number of ether oxygens (including phenoxy) is 1. The molecule has 0 saturated heterocycles. The number of carbonyl (C=O) groups excluding carboxylic acids is 3. The SMILES string of the molecule is Cc1ccc(NC(=O)COc2cccc(/C=N\NC(=O)C(=O)Nc3cccc(C)c3C)c2)cc1. The van der Waals surface area contributed by atoms with Gasteiger partial charge in [0.05, 0.1) is 6.21 Å². The van der Waals surface area contributed by atoms with Gasteiger partial charge >= 0.3 is 11.8 Å². The molecule has 0 aliphatic rings. The Morgan fingerprint density at radius 3 is 2.38 bits per heavy atom. The van der Waals surface area contributed by atoms with Crippen LogP contribution in [0.4, 0.5) is 11.4 Å². The van der Waals surface area contributed by atoms with E-state index in [-0.39, 0.29) is 12.5 Å². The minimum atomic E-state index is -0.891. The number of nitrogens with one attached hydrogen (secondary N) is 3. The highest BCUT2D eigenvalue weighted by Crippen LogP contribution is 2.17. The standard InChI is InChI=1S/C26H26N4O4/c1-17-10-12-21(13-11-17)28-24(31)16-34-22-8-5-7-20(14-22)15-27-30-26(33)25(32)29-23-9-4-6-18(2)19(23)3/h4-15H,16H2,1-3H3,(H,28,31)(H,29,32)(H,30,33)/b27-15-. The van der Waals surface area contributed by atoms with E-state index in [2.05, 4.69) is 21.2 Å². The summed E-state index contributed by atoms with van der Waals surface area (Å²) in [5.74, 6) is -1.54. The fourth-order valence-corrected chi connectivity index (χ4v) is 2.95. The lowest BCUT2D eigenvalue weighted by atomic mass is 10.1. The summed E-state index contributed by atoms with van der Waals surface area (Å²) in [6.45, 7) is 5.59. The van der Waals surface area contributed by atoms with E-state index in [4.69, 9.17) is 4.74 Å². The molecule has 0 unspecified atom stereocenters. The Bertz CT molecular complexity index is 1220. The second-order valence-electron chi connectivity index (χ2n) is 7.68. The van der Waals surface area contributed by atoms with Gasteiger partial charge in [0.1, 0.15) is 5.75 Å². The molecule has 0 aliphatic carbocycles. The first kappa shape index (κ1) is 24.2. The topological polar surface area (TPSA) is 109 Å². The molecule has 8 nitrogen and oxygen atoms in total. The number of hydrazone groups is 1. The van der Waals surface area contributed by atoms with Gasteiger partial charge < -0.3 is 15.4 Å². The van der Waals surface area contributed by atoms with E-state index in [0.29, 0.717) is 22.7 Å². The van der Waals surface area contributed by atoms with Crippen LogP contribution in [0.2, 0.25) is 0 Å². The first-order valence-corrected chi connectivity index (χ1v) is 10.6. The van der Waals surface area contributed by atoms with Crippen LogP contribution in [0.5, 0.6) is 5.75 Å². The molecule has 0 fully saturated rings. The molecule has 0 heterocycles. The van der Waals surface area contributed by atoms with Gasteiger partial charge in [0.2, 0.25) is 0 Å². The van der Waals surface area contributed by atoms with Crippen LogP contribution in [0.1, 0.15) is 22.3 Å². The van der Waals surface area contributed by atoms with Crippen LogP contribution in [0.15, 0.2) is 71.8 Å². The van der Waals surface area contributed by atoms with Crippen LogP contribution >= 0.6 is 0 Å². The van der Waals surface area contributed by atoms with Crippen LogP contribution in [0, 0.1) is 20.8 Å². The van der Waals surface area contributed by atoms with Crippen LogP contribution in [-0.4, -0.2) is 30.5 Å². The van der Waals surface area contributed by atoms with Gasteiger partial charge in [0.15, 0.2) is 6.61 Å². The third-order valence-electron chi connectivity index (χ3n) is 5.00. The molecule has 3 rings (SSSR count). The lowest BCUT2D eigenvalue weighted by molar-refractivity contribution is -0.136. The molecule has 8 heteroatoms. The average molecular weight is 459 g/mol. The molecule has 3 N–H and O–H groups in total. The summed E-state index contributed by atoms with van der Waals surface area (Å²) < 4.78 is 5.53. The third kappa shape index (κ3) is 7.03. The predicted octanol–water partition coefficient (Wildman–Crippen LogP) is 3.72.